The molecule has 0 radical (unpaired) electrons. The molecule has 1 aromatic heterocycles. The molecule has 26 heavy (non-hydrogen) atoms. The SMILES string of the molecule is Cc1cccc(OCCOc2ccc(C=Nn3c(O)csc3=S)cc2)c1. The number of thiazole rings is 1. The summed E-state index contributed by atoms with van der Waals surface area (Å²) in [6, 6.07) is 15.4. The van der Waals surface area contributed by atoms with Crippen LogP contribution in [0.4, 0.5) is 0 Å². The number of aryl methyl sites for hydroxylation is 1. The Morgan fingerprint density at radius 1 is 1.12 bits per heavy atom. The lowest BCUT2D eigenvalue weighted by atomic mass is 10.2. The van der Waals surface area contributed by atoms with Crippen molar-refractivity contribution in [3.05, 3.63) is 69.0 Å². The van der Waals surface area contributed by atoms with Crippen LogP contribution in [0.15, 0.2) is 59.0 Å². The number of ether oxygens (including phenoxy) is 2. The summed E-state index contributed by atoms with van der Waals surface area (Å²) in [5, 5.41) is 15.4. The van der Waals surface area contributed by atoms with Crippen molar-refractivity contribution in [2.24, 2.45) is 5.10 Å². The molecule has 0 unspecified atom stereocenters. The summed E-state index contributed by atoms with van der Waals surface area (Å²) >= 11 is 6.35. The summed E-state index contributed by atoms with van der Waals surface area (Å²) in [7, 11) is 0. The third kappa shape index (κ3) is 4.93. The van der Waals surface area contributed by atoms with E-state index in [1.54, 1.807) is 11.6 Å². The lowest BCUT2D eigenvalue weighted by molar-refractivity contribution is 0.217. The summed E-state index contributed by atoms with van der Waals surface area (Å²) < 4.78 is 13.1. The molecule has 0 saturated heterocycles. The monoisotopic (exact) mass is 386 g/mol. The minimum absolute atomic E-state index is 0.0322. The Morgan fingerprint density at radius 2 is 1.85 bits per heavy atom. The number of nitrogens with zero attached hydrogens (tertiary/aromatic N) is 2. The first-order chi connectivity index (χ1) is 12.6. The van der Waals surface area contributed by atoms with Crippen LogP contribution in [0, 0.1) is 10.9 Å². The van der Waals surface area contributed by atoms with E-state index in [2.05, 4.69) is 5.10 Å². The van der Waals surface area contributed by atoms with Crippen molar-refractivity contribution in [1.82, 2.24) is 4.68 Å². The van der Waals surface area contributed by atoms with Crippen molar-refractivity contribution in [3.8, 4) is 17.4 Å². The Labute approximate surface area is 160 Å². The Kier molecular flexibility index (Phi) is 6.04. The average Bonchev–Trinajstić information content (AvgIpc) is 2.96. The standard InChI is InChI=1S/C19H18N2O3S2/c1-14-3-2-4-17(11-14)24-10-9-23-16-7-5-15(6-8-16)12-20-21-18(22)13-26-19(21)25/h2-8,11-13,22H,9-10H2,1H3. The van der Waals surface area contributed by atoms with E-state index in [1.807, 2.05) is 55.5 Å². The quantitative estimate of drug-likeness (QED) is 0.365. The van der Waals surface area contributed by atoms with Crippen molar-refractivity contribution in [1.29, 1.82) is 0 Å². The second-order valence-corrected chi connectivity index (χ2v) is 7.00. The highest BCUT2D eigenvalue weighted by Gasteiger charge is 2.00. The van der Waals surface area contributed by atoms with Gasteiger partial charge in [-0.05, 0) is 66.7 Å². The van der Waals surface area contributed by atoms with Gasteiger partial charge in [0.2, 0.25) is 5.88 Å². The predicted molar refractivity (Wildman–Crippen MR) is 106 cm³/mol. The number of aromatic hydroxyl groups is 1. The predicted octanol–water partition coefficient (Wildman–Crippen LogP) is 4.63. The highest BCUT2D eigenvalue weighted by Crippen LogP contribution is 2.17. The van der Waals surface area contributed by atoms with Gasteiger partial charge in [0.15, 0.2) is 3.95 Å². The molecule has 7 heteroatoms. The van der Waals surface area contributed by atoms with Gasteiger partial charge in [0, 0.05) is 0 Å². The molecule has 134 valence electrons. The summed E-state index contributed by atoms with van der Waals surface area (Å²) in [5.41, 5.74) is 2.04. The fraction of sp³-hybridized carbons (Fsp3) is 0.158. The molecule has 0 aliphatic heterocycles. The normalized spacial score (nSPS) is 11.0. The fourth-order valence-electron chi connectivity index (χ4n) is 2.20. The van der Waals surface area contributed by atoms with Gasteiger partial charge in [-0.3, -0.25) is 0 Å². The summed E-state index contributed by atoms with van der Waals surface area (Å²) in [6.07, 6.45) is 1.63. The lowest BCUT2D eigenvalue weighted by Gasteiger charge is -2.09. The van der Waals surface area contributed by atoms with Crippen LogP contribution >= 0.6 is 23.6 Å². The minimum Gasteiger partial charge on any atom is -0.493 e. The average molecular weight is 386 g/mol. The molecule has 0 spiro atoms. The van der Waals surface area contributed by atoms with Gasteiger partial charge in [-0.15, -0.1) is 11.3 Å². The van der Waals surface area contributed by atoms with E-state index >= 15 is 0 Å². The Morgan fingerprint density at radius 3 is 2.50 bits per heavy atom. The smallest absolute Gasteiger partial charge is 0.224 e. The zero-order chi connectivity index (χ0) is 18.4. The molecular weight excluding hydrogens is 368 g/mol. The van der Waals surface area contributed by atoms with Crippen LogP contribution in [0.2, 0.25) is 0 Å². The topological polar surface area (TPSA) is 56.0 Å². The summed E-state index contributed by atoms with van der Waals surface area (Å²) in [5.74, 6) is 1.63. The fourth-order valence-corrected chi connectivity index (χ4v) is 3.03. The van der Waals surface area contributed by atoms with Crippen LogP contribution in [-0.4, -0.2) is 29.2 Å². The Bertz CT molecular complexity index is 946. The molecule has 0 fully saturated rings. The summed E-state index contributed by atoms with van der Waals surface area (Å²) in [6.45, 7) is 2.96. The zero-order valence-electron chi connectivity index (χ0n) is 14.2. The third-order valence-electron chi connectivity index (χ3n) is 3.47. The highest BCUT2D eigenvalue weighted by molar-refractivity contribution is 7.73. The maximum absolute atomic E-state index is 9.63. The van der Waals surface area contributed by atoms with Crippen LogP contribution < -0.4 is 9.47 Å². The Hall–Kier alpha value is -2.64. The van der Waals surface area contributed by atoms with Gasteiger partial charge in [-0.2, -0.15) is 9.78 Å². The minimum atomic E-state index is 0.0322. The second-order valence-electron chi connectivity index (χ2n) is 5.50. The first kappa shape index (κ1) is 18.2. The largest absolute Gasteiger partial charge is 0.493 e. The van der Waals surface area contributed by atoms with Crippen molar-refractivity contribution in [2.45, 2.75) is 6.92 Å². The molecule has 5 nitrogen and oxygen atoms in total. The molecule has 1 heterocycles. The maximum Gasteiger partial charge on any atom is 0.224 e. The second kappa shape index (κ2) is 8.64. The van der Waals surface area contributed by atoms with Crippen LogP contribution in [0.1, 0.15) is 11.1 Å². The molecule has 0 atom stereocenters. The molecule has 0 aliphatic carbocycles. The summed E-state index contributed by atoms with van der Waals surface area (Å²) in [4.78, 5) is 0. The first-order valence-corrected chi connectivity index (χ1v) is 9.27. The maximum atomic E-state index is 9.63. The molecule has 0 bridgehead atoms. The number of hydrogen-bond acceptors (Lipinski definition) is 6. The number of benzene rings is 2. The molecule has 2 aromatic carbocycles. The van der Waals surface area contributed by atoms with E-state index < -0.39 is 0 Å². The van der Waals surface area contributed by atoms with Gasteiger partial charge in [-0.25, -0.2) is 0 Å². The highest BCUT2D eigenvalue weighted by atomic mass is 32.1. The number of rotatable bonds is 7. The van der Waals surface area contributed by atoms with Gasteiger partial charge in [0.1, 0.15) is 24.7 Å². The van der Waals surface area contributed by atoms with Crippen molar-refractivity contribution in [3.63, 3.8) is 0 Å². The van der Waals surface area contributed by atoms with Crippen LogP contribution in [-0.2, 0) is 0 Å². The third-order valence-corrected chi connectivity index (χ3v) is 4.63. The number of aromatic nitrogens is 1. The van der Waals surface area contributed by atoms with Gasteiger partial charge in [-0.1, -0.05) is 12.1 Å². The van der Waals surface area contributed by atoms with Crippen LogP contribution in [0.3, 0.4) is 0 Å². The molecule has 3 rings (SSSR count). The van der Waals surface area contributed by atoms with Crippen molar-refractivity contribution < 1.29 is 14.6 Å². The Balaban J connectivity index is 1.49. The molecule has 0 amide bonds. The van der Waals surface area contributed by atoms with E-state index in [1.165, 1.54) is 16.0 Å². The van der Waals surface area contributed by atoms with E-state index in [0.717, 1.165) is 22.6 Å². The molecule has 0 aliphatic rings. The van der Waals surface area contributed by atoms with Gasteiger partial charge in [0.25, 0.3) is 0 Å². The van der Waals surface area contributed by atoms with Crippen LogP contribution in [0.5, 0.6) is 17.4 Å². The van der Waals surface area contributed by atoms with E-state index in [9.17, 15) is 5.11 Å². The van der Waals surface area contributed by atoms with Crippen LogP contribution in [0.25, 0.3) is 0 Å². The molecule has 3 aromatic rings. The molecule has 1 N–H and O–H groups in total. The van der Waals surface area contributed by atoms with Crippen molar-refractivity contribution >= 4 is 29.8 Å². The first-order valence-electron chi connectivity index (χ1n) is 7.98. The molecule has 0 saturated carbocycles. The zero-order valence-corrected chi connectivity index (χ0v) is 15.8. The van der Waals surface area contributed by atoms with E-state index in [0.29, 0.717) is 17.2 Å². The number of hydrogen-bond donors (Lipinski definition) is 1. The van der Waals surface area contributed by atoms with E-state index in [4.69, 9.17) is 21.7 Å². The van der Waals surface area contributed by atoms with E-state index in [-0.39, 0.29) is 5.88 Å². The van der Waals surface area contributed by atoms with Gasteiger partial charge < -0.3 is 14.6 Å². The lowest BCUT2D eigenvalue weighted by Crippen LogP contribution is -2.09. The molecular formula is C19H18N2O3S2. The van der Waals surface area contributed by atoms with Crippen molar-refractivity contribution in [2.75, 3.05) is 13.2 Å². The van der Waals surface area contributed by atoms with Gasteiger partial charge >= 0.3 is 0 Å². The van der Waals surface area contributed by atoms with Gasteiger partial charge in [0.05, 0.1) is 11.6 Å².